The Hall–Kier alpha value is -2.44. The van der Waals surface area contributed by atoms with E-state index in [4.69, 9.17) is 5.11 Å². The molecule has 0 aromatic carbocycles. The summed E-state index contributed by atoms with van der Waals surface area (Å²) in [5.41, 5.74) is -0.260. The average molecular weight is 291 g/mol. The van der Waals surface area contributed by atoms with Gasteiger partial charge in [-0.3, -0.25) is 14.6 Å². The molecule has 1 unspecified atom stereocenters. The Kier molecular flexibility index (Phi) is 4.52. The lowest BCUT2D eigenvalue weighted by atomic mass is 10.1. The molecule has 1 fully saturated rings. The maximum absolute atomic E-state index is 12.1. The molecule has 1 saturated heterocycles. The average Bonchev–Trinajstić information content (AvgIpc) is 2.84. The van der Waals surface area contributed by atoms with Gasteiger partial charge in [0, 0.05) is 31.7 Å². The Labute approximate surface area is 122 Å². The number of carbonyl (C=O) groups is 3. The molecule has 7 nitrogen and oxygen atoms in total. The SMILES string of the molecule is CC(CN1CCCC1=O)NC(=O)c1ncccc1C(=O)O. The molecule has 0 saturated carbocycles. The van der Waals surface area contributed by atoms with E-state index in [-0.39, 0.29) is 23.2 Å². The van der Waals surface area contributed by atoms with Crippen molar-refractivity contribution in [2.75, 3.05) is 13.1 Å². The normalized spacial score (nSPS) is 15.9. The van der Waals surface area contributed by atoms with Gasteiger partial charge in [0.25, 0.3) is 5.91 Å². The summed E-state index contributed by atoms with van der Waals surface area (Å²) >= 11 is 0. The second kappa shape index (κ2) is 6.34. The van der Waals surface area contributed by atoms with Crippen molar-refractivity contribution in [2.45, 2.75) is 25.8 Å². The summed E-state index contributed by atoms with van der Waals surface area (Å²) in [4.78, 5) is 40.2. The quantitative estimate of drug-likeness (QED) is 0.824. The summed E-state index contributed by atoms with van der Waals surface area (Å²) < 4.78 is 0. The first-order valence-electron chi connectivity index (χ1n) is 6.76. The second-order valence-electron chi connectivity index (χ2n) is 5.02. The van der Waals surface area contributed by atoms with Crippen molar-refractivity contribution in [2.24, 2.45) is 0 Å². The van der Waals surface area contributed by atoms with Gasteiger partial charge in [-0.25, -0.2) is 4.79 Å². The first kappa shape index (κ1) is 15.0. The van der Waals surface area contributed by atoms with Crippen LogP contribution in [0.3, 0.4) is 0 Å². The third-order valence-corrected chi connectivity index (χ3v) is 3.30. The fraction of sp³-hybridized carbons (Fsp3) is 0.429. The summed E-state index contributed by atoms with van der Waals surface area (Å²) in [6, 6.07) is 2.52. The summed E-state index contributed by atoms with van der Waals surface area (Å²) in [6.07, 6.45) is 2.75. The molecule has 2 heterocycles. The number of amides is 2. The number of rotatable bonds is 5. The number of aromatic carboxylic acids is 1. The van der Waals surface area contributed by atoms with Crippen LogP contribution in [0.25, 0.3) is 0 Å². The van der Waals surface area contributed by atoms with Gasteiger partial charge >= 0.3 is 5.97 Å². The number of hydrogen-bond acceptors (Lipinski definition) is 4. The number of hydrogen-bond donors (Lipinski definition) is 2. The highest BCUT2D eigenvalue weighted by Gasteiger charge is 2.24. The monoisotopic (exact) mass is 291 g/mol. The van der Waals surface area contributed by atoms with Gasteiger partial charge in [-0.15, -0.1) is 0 Å². The summed E-state index contributed by atoms with van der Waals surface area (Å²) in [5, 5.41) is 11.7. The molecular formula is C14H17N3O4. The maximum Gasteiger partial charge on any atom is 0.338 e. The third kappa shape index (κ3) is 3.56. The largest absolute Gasteiger partial charge is 0.478 e. The number of aromatic nitrogens is 1. The van der Waals surface area contributed by atoms with Crippen molar-refractivity contribution in [3.05, 3.63) is 29.6 Å². The van der Waals surface area contributed by atoms with Gasteiger partial charge in [0.15, 0.2) is 0 Å². The predicted molar refractivity (Wildman–Crippen MR) is 73.9 cm³/mol. The molecule has 0 bridgehead atoms. The van der Waals surface area contributed by atoms with Crippen LogP contribution in [-0.4, -0.2) is 51.9 Å². The number of carboxylic acid groups (broad SMARTS) is 1. The minimum absolute atomic E-state index is 0.0835. The van der Waals surface area contributed by atoms with Crippen molar-refractivity contribution < 1.29 is 19.5 Å². The first-order valence-corrected chi connectivity index (χ1v) is 6.76. The molecule has 2 rings (SSSR count). The lowest BCUT2D eigenvalue weighted by Gasteiger charge is -2.21. The number of likely N-dealkylation sites (tertiary alicyclic amines) is 1. The molecule has 112 valence electrons. The van der Waals surface area contributed by atoms with Crippen LogP contribution < -0.4 is 5.32 Å². The molecule has 1 aliphatic heterocycles. The highest BCUT2D eigenvalue weighted by molar-refractivity contribution is 6.03. The number of nitrogens with zero attached hydrogens (tertiary/aromatic N) is 2. The van der Waals surface area contributed by atoms with Crippen LogP contribution in [0.1, 0.15) is 40.6 Å². The van der Waals surface area contributed by atoms with E-state index in [1.165, 1.54) is 18.3 Å². The fourth-order valence-electron chi connectivity index (χ4n) is 2.32. The molecule has 2 N–H and O–H groups in total. The molecule has 1 aromatic rings. The van der Waals surface area contributed by atoms with Gasteiger partial charge in [-0.2, -0.15) is 0 Å². The highest BCUT2D eigenvalue weighted by Crippen LogP contribution is 2.10. The van der Waals surface area contributed by atoms with Crippen LogP contribution in [-0.2, 0) is 4.79 Å². The summed E-state index contributed by atoms with van der Waals surface area (Å²) in [7, 11) is 0. The Bertz CT molecular complexity index is 573. The van der Waals surface area contributed by atoms with Gasteiger partial charge in [-0.1, -0.05) is 0 Å². The van der Waals surface area contributed by atoms with E-state index < -0.39 is 11.9 Å². The molecular weight excluding hydrogens is 274 g/mol. The maximum atomic E-state index is 12.1. The number of nitrogens with one attached hydrogen (secondary N) is 1. The molecule has 1 atom stereocenters. The van der Waals surface area contributed by atoms with E-state index in [9.17, 15) is 14.4 Å². The van der Waals surface area contributed by atoms with Crippen LogP contribution in [0.5, 0.6) is 0 Å². The molecule has 1 aromatic heterocycles. The predicted octanol–water partition coefficient (Wildman–Crippen LogP) is 0.520. The zero-order valence-corrected chi connectivity index (χ0v) is 11.7. The van der Waals surface area contributed by atoms with Gasteiger partial charge in [-0.05, 0) is 25.5 Å². The summed E-state index contributed by atoms with van der Waals surface area (Å²) in [6.45, 7) is 2.88. The lowest BCUT2D eigenvalue weighted by molar-refractivity contribution is -0.127. The molecule has 1 aliphatic rings. The van der Waals surface area contributed by atoms with Crippen LogP contribution in [0.4, 0.5) is 0 Å². The van der Waals surface area contributed by atoms with Crippen molar-refractivity contribution in [1.29, 1.82) is 0 Å². The van der Waals surface area contributed by atoms with Crippen LogP contribution in [0.2, 0.25) is 0 Å². The molecule has 21 heavy (non-hydrogen) atoms. The van der Waals surface area contributed by atoms with Gasteiger partial charge in [0.2, 0.25) is 5.91 Å². The summed E-state index contributed by atoms with van der Waals surface area (Å²) in [5.74, 6) is -1.66. The second-order valence-corrected chi connectivity index (χ2v) is 5.02. The zero-order chi connectivity index (χ0) is 15.4. The van der Waals surface area contributed by atoms with Crippen molar-refractivity contribution in [3.63, 3.8) is 0 Å². The molecule has 7 heteroatoms. The van der Waals surface area contributed by atoms with E-state index in [0.717, 1.165) is 6.42 Å². The Balaban J connectivity index is 2.01. The van der Waals surface area contributed by atoms with Gasteiger partial charge < -0.3 is 15.3 Å². The fourth-order valence-corrected chi connectivity index (χ4v) is 2.32. The van der Waals surface area contributed by atoms with E-state index in [1.807, 2.05) is 0 Å². The van der Waals surface area contributed by atoms with E-state index >= 15 is 0 Å². The number of carbonyl (C=O) groups excluding carboxylic acids is 2. The Morgan fingerprint density at radius 3 is 2.90 bits per heavy atom. The van der Waals surface area contributed by atoms with Crippen LogP contribution in [0.15, 0.2) is 18.3 Å². The smallest absolute Gasteiger partial charge is 0.338 e. The van der Waals surface area contributed by atoms with E-state index in [1.54, 1.807) is 11.8 Å². The van der Waals surface area contributed by atoms with Crippen LogP contribution in [0, 0.1) is 0 Å². The molecule has 0 aliphatic carbocycles. The minimum Gasteiger partial charge on any atom is -0.478 e. The topological polar surface area (TPSA) is 99.6 Å². The van der Waals surface area contributed by atoms with E-state index in [0.29, 0.717) is 19.5 Å². The molecule has 0 radical (unpaired) electrons. The van der Waals surface area contributed by atoms with E-state index in [2.05, 4.69) is 10.3 Å². The lowest BCUT2D eigenvalue weighted by Crippen LogP contribution is -2.43. The molecule has 0 spiro atoms. The van der Waals surface area contributed by atoms with Gasteiger partial charge in [0.05, 0.1) is 5.56 Å². The van der Waals surface area contributed by atoms with Crippen LogP contribution >= 0.6 is 0 Å². The Morgan fingerprint density at radius 2 is 2.29 bits per heavy atom. The number of carboxylic acids is 1. The highest BCUT2D eigenvalue weighted by atomic mass is 16.4. The van der Waals surface area contributed by atoms with Gasteiger partial charge in [0.1, 0.15) is 5.69 Å². The number of pyridine rings is 1. The zero-order valence-electron chi connectivity index (χ0n) is 11.7. The van der Waals surface area contributed by atoms with Crippen molar-refractivity contribution >= 4 is 17.8 Å². The standard InChI is InChI=1S/C14H17N3O4/c1-9(8-17-7-3-5-11(17)18)16-13(19)12-10(14(20)21)4-2-6-15-12/h2,4,6,9H,3,5,7-8H2,1H3,(H,16,19)(H,20,21). The minimum atomic E-state index is -1.20. The van der Waals surface area contributed by atoms with Crippen molar-refractivity contribution in [1.82, 2.24) is 15.2 Å². The van der Waals surface area contributed by atoms with Crippen molar-refractivity contribution in [3.8, 4) is 0 Å². The first-order chi connectivity index (χ1) is 9.99. The molecule has 2 amide bonds. The third-order valence-electron chi connectivity index (χ3n) is 3.30. The Morgan fingerprint density at radius 1 is 1.52 bits per heavy atom.